The fourth-order valence-electron chi connectivity index (χ4n) is 2.37. The van der Waals surface area contributed by atoms with Crippen LogP contribution in [0.3, 0.4) is 0 Å². The Bertz CT molecular complexity index is 812. The van der Waals surface area contributed by atoms with Crippen LogP contribution >= 0.6 is 11.6 Å². The predicted octanol–water partition coefficient (Wildman–Crippen LogP) is 3.91. The number of benzene rings is 2. The van der Waals surface area contributed by atoms with Crippen LogP contribution in [0.4, 0.5) is 0 Å². The van der Waals surface area contributed by atoms with Crippen molar-refractivity contribution in [1.82, 2.24) is 9.55 Å². The molecule has 0 radical (unpaired) electrons. The molecule has 3 aromatic rings. The quantitative estimate of drug-likeness (QED) is 0.686. The second kappa shape index (κ2) is 6.20. The van der Waals surface area contributed by atoms with Crippen molar-refractivity contribution in [2.24, 2.45) is 0 Å². The standard InChI is InChI=1S/C17H15ClN2O2/c1-2-22-17(21)16-19-14-9-8-13(18)10-15(14)20(16)11-12-6-4-3-5-7-12/h3-10H,2,11H2,1H3. The lowest BCUT2D eigenvalue weighted by molar-refractivity contribution is 0.0507. The Morgan fingerprint density at radius 2 is 2.00 bits per heavy atom. The van der Waals surface area contributed by atoms with E-state index in [1.807, 2.05) is 47.0 Å². The third kappa shape index (κ3) is 2.83. The fourth-order valence-corrected chi connectivity index (χ4v) is 2.54. The van der Waals surface area contributed by atoms with Crippen LogP contribution in [0, 0.1) is 0 Å². The molecule has 0 spiro atoms. The Hall–Kier alpha value is -2.33. The Balaban J connectivity index is 2.13. The SMILES string of the molecule is CCOC(=O)c1nc2ccc(Cl)cc2n1Cc1ccccc1. The van der Waals surface area contributed by atoms with Gasteiger partial charge in [-0.15, -0.1) is 0 Å². The lowest BCUT2D eigenvalue weighted by Crippen LogP contribution is -2.14. The monoisotopic (exact) mass is 314 g/mol. The summed E-state index contributed by atoms with van der Waals surface area (Å²) in [4.78, 5) is 16.6. The van der Waals surface area contributed by atoms with Gasteiger partial charge in [0.2, 0.25) is 5.82 Å². The first-order valence-electron chi connectivity index (χ1n) is 7.06. The number of carbonyl (C=O) groups excluding carboxylic acids is 1. The summed E-state index contributed by atoms with van der Waals surface area (Å²) in [5.41, 5.74) is 2.62. The zero-order chi connectivity index (χ0) is 15.5. The van der Waals surface area contributed by atoms with E-state index in [1.165, 1.54) is 0 Å². The van der Waals surface area contributed by atoms with Gasteiger partial charge in [0.05, 0.1) is 17.6 Å². The van der Waals surface area contributed by atoms with Crippen LogP contribution in [0.15, 0.2) is 48.5 Å². The second-order valence-corrected chi connectivity index (χ2v) is 5.30. The van der Waals surface area contributed by atoms with E-state index in [2.05, 4.69) is 4.98 Å². The Labute approximate surface area is 133 Å². The summed E-state index contributed by atoms with van der Waals surface area (Å²) in [5.74, 6) is -0.131. The van der Waals surface area contributed by atoms with Crippen molar-refractivity contribution >= 4 is 28.6 Å². The van der Waals surface area contributed by atoms with Crippen molar-refractivity contribution in [2.75, 3.05) is 6.61 Å². The van der Waals surface area contributed by atoms with Crippen LogP contribution in [0.2, 0.25) is 5.02 Å². The lowest BCUT2D eigenvalue weighted by atomic mass is 10.2. The van der Waals surface area contributed by atoms with Gasteiger partial charge < -0.3 is 9.30 Å². The van der Waals surface area contributed by atoms with Crippen LogP contribution in [0.25, 0.3) is 11.0 Å². The van der Waals surface area contributed by atoms with Gasteiger partial charge in [-0.1, -0.05) is 41.9 Å². The molecule has 1 heterocycles. The lowest BCUT2D eigenvalue weighted by Gasteiger charge is -2.09. The molecule has 0 fully saturated rings. The van der Waals surface area contributed by atoms with Crippen molar-refractivity contribution in [3.05, 3.63) is 64.9 Å². The van der Waals surface area contributed by atoms with Crippen molar-refractivity contribution in [3.8, 4) is 0 Å². The van der Waals surface area contributed by atoms with Crippen LogP contribution in [0.5, 0.6) is 0 Å². The highest BCUT2D eigenvalue weighted by atomic mass is 35.5. The number of esters is 1. The average Bonchev–Trinajstić information content (AvgIpc) is 2.87. The minimum Gasteiger partial charge on any atom is -0.460 e. The summed E-state index contributed by atoms with van der Waals surface area (Å²) in [5, 5.41) is 0.608. The highest BCUT2D eigenvalue weighted by molar-refractivity contribution is 6.31. The van der Waals surface area contributed by atoms with E-state index >= 15 is 0 Å². The van der Waals surface area contributed by atoms with E-state index in [1.54, 1.807) is 13.0 Å². The molecule has 3 rings (SSSR count). The molecule has 0 atom stereocenters. The van der Waals surface area contributed by atoms with Gasteiger partial charge in [0.25, 0.3) is 0 Å². The van der Waals surface area contributed by atoms with Crippen LogP contribution in [0.1, 0.15) is 23.1 Å². The number of hydrogen-bond acceptors (Lipinski definition) is 3. The molecule has 22 heavy (non-hydrogen) atoms. The number of hydrogen-bond donors (Lipinski definition) is 0. The van der Waals surface area contributed by atoms with Crippen molar-refractivity contribution in [3.63, 3.8) is 0 Å². The maximum Gasteiger partial charge on any atom is 0.374 e. The molecular formula is C17H15ClN2O2. The average molecular weight is 315 g/mol. The topological polar surface area (TPSA) is 44.1 Å². The Kier molecular flexibility index (Phi) is 4.11. The first-order valence-corrected chi connectivity index (χ1v) is 7.43. The first kappa shape index (κ1) is 14.6. The Morgan fingerprint density at radius 1 is 1.23 bits per heavy atom. The number of aromatic nitrogens is 2. The third-order valence-corrected chi connectivity index (χ3v) is 3.59. The van der Waals surface area contributed by atoms with Gasteiger partial charge in [-0.25, -0.2) is 9.78 Å². The Morgan fingerprint density at radius 3 is 2.73 bits per heavy atom. The summed E-state index contributed by atoms with van der Waals surface area (Å²) >= 11 is 6.09. The molecule has 112 valence electrons. The van der Waals surface area contributed by atoms with Gasteiger partial charge in [-0.3, -0.25) is 0 Å². The van der Waals surface area contributed by atoms with E-state index in [0.29, 0.717) is 24.0 Å². The van der Waals surface area contributed by atoms with E-state index in [9.17, 15) is 4.79 Å². The zero-order valence-corrected chi connectivity index (χ0v) is 12.9. The molecule has 4 nitrogen and oxygen atoms in total. The summed E-state index contributed by atoms with van der Waals surface area (Å²) in [6, 6.07) is 15.3. The summed E-state index contributed by atoms with van der Waals surface area (Å²) in [6.07, 6.45) is 0. The molecule has 0 saturated heterocycles. The van der Waals surface area contributed by atoms with Crippen molar-refractivity contribution in [1.29, 1.82) is 0 Å². The predicted molar refractivity (Wildman–Crippen MR) is 86.2 cm³/mol. The van der Waals surface area contributed by atoms with Gasteiger partial charge in [-0.05, 0) is 30.7 Å². The number of halogens is 1. The molecule has 0 N–H and O–H groups in total. The largest absolute Gasteiger partial charge is 0.460 e. The number of carbonyl (C=O) groups is 1. The number of imidazole rings is 1. The van der Waals surface area contributed by atoms with Gasteiger partial charge >= 0.3 is 5.97 Å². The van der Waals surface area contributed by atoms with Crippen LogP contribution < -0.4 is 0 Å². The van der Waals surface area contributed by atoms with E-state index in [0.717, 1.165) is 16.6 Å². The number of ether oxygens (including phenoxy) is 1. The summed E-state index contributed by atoms with van der Waals surface area (Å²) < 4.78 is 6.95. The minimum absolute atomic E-state index is 0.294. The summed E-state index contributed by atoms with van der Waals surface area (Å²) in [7, 11) is 0. The molecule has 2 aromatic carbocycles. The van der Waals surface area contributed by atoms with E-state index in [-0.39, 0.29) is 0 Å². The smallest absolute Gasteiger partial charge is 0.374 e. The molecule has 5 heteroatoms. The molecule has 0 saturated carbocycles. The minimum atomic E-state index is -0.425. The van der Waals surface area contributed by atoms with Crippen molar-refractivity contribution < 1.29 is 9.53 Å². The maximum atomic E-state index is 12.2. The molecule has 0 aliphatic heterocycles. The molecule has 0 aliphatic rings. The van der Waals surface area contributed by atoms with Gasteiger partial charge in [-0.2, -0.15) is 0 Å². The van der Waals surface area contributed by atoms with E-state index in [4.69, 9.17) is 16.3 Å². The van der Waals surface area contributed by atoms with Gasteiger partial charge in [0.1, 0.15) is 0 Å². The second-order valence-electron chi connectivity index (χ2n) is 4.86. The molecule has 0 aliphatic carbocycles. The molecule has 0 bridgehead atoms. The van der Waals surface area contributed by atoms with Gasteiger partial charge in [0.15, 0.2) is 0 Å². The van der Waals surface area contributed by atoms with Gasteiger partial charge in [0, 0.05) is 11.6 Å². The highest BCUT2D eigenvalue weighted by Crippen LogP contribution is 2.22. The number of fused-ring (bicyclic) bond motifs is 1. The first-order chi connectivity index (χ1) is 10.7. The van der Waals surface area contributed by atoms with E-state index < -0.39 is 5.97 Å². The van der Waals surface area contributed by atoms with Crippen molar-refractivity contribution in [2.45, 2.75) is 13.5 Å². The molecule has 0 unspecified atom stereocenters. The molecule has 0 amide bonds. The zero-order valence-electron chi connectivity index (χ0n) is 12.1. The summed E-state index contributed by atoms with van der Waals surface area (Å²) in [6.45, 7) is 2.62. The molecular weight excluding hydrogens is 300 g/mol. The number of nitrogens with zero attached hydrogens (tertiary/aromatic N) is 2. The fraction of sp³-hybridized carbons (Fsp3) is 0.176. The van der Waals surface area contributed by atoms with Crippen LogP contribution in [-0.2, 0) is 11.3 Å². The highest BCUT2D eigenvalue weighted by Gasteiger charge is 2.19. The number of rotatable bonds is 4. The normalized spacial score (nSPS) is 10.8. The molecule has 1 aromatic heterocycles. The maximum absolute atomic E-state index is 12.2. The third-order valence-electron chi connectivity index (χ3n) is 3.35. The van der Waals surface area contributed by atoms with Crippen LogP contribution in [-0.4, -0.2) is 22.1 Å².